The summed E-state index contributed by atoms with van der Waals surface area (Å²) in [4.78, 5) is 9.74. The molecule has 0 saturated heterocycles. The van der Waals surface area contributed by atoms with Crippen LogP contribution in [0.5, 0.6) is 0 Å². The zero-order valence-corrected chi connectivity index (χ0v) is 37.2. The van der Waals surface area contributed by atoms with E-state index in [0.29, 0.717) is 5.56 Å². The summed E-state index contributed by atoms with van der Waals surface area (Å²) in [5.41, 5.74) is 10.3. The molecular weight excluding hydrogens is 949 g/mol. The van der Waals surface area contributed by atoms with Crippen LogP contribution in [0.3, 0.4) is 0 Å². The molecule has 1 radical (unpaired) electrons. The molecule has 0 aliphatic carbocycles. The average molecular weight is 985 g/mol. The quantitative estimate of drug-likeness (QED) is 0.127. The van der Waals surface area contributed by atoms with Crippen LogP contribution in [0.15, 0.2) is 168 Å². The molecule has 8 heteroatoms. The Bertz CT molecular complexity index is 3380. The van der Waals surface area contributed by atoms with Gasteiger partial charge in [-0.2, -0.15) is 16.6 Å². The van der Waals surface area contributed by atoms with Gasteiger partial charge in [0.25, 0.3) is 0 Å². The van der Waals surface area contributed by atoms with E-state index in [1.807, 2.05) is 79.0 Å². The van der Waals surface area contributed by atoms with Crippen LogP contribution in [0.25, 0.3) is 92.6 Å². The van der Waals surface area contributed by atoms with Gasteiger partial charge in [-0.3, -0.25) is 4.98 Å². The number of nitriles is 1. The second-order valence-corrected chi connectivity index (χ2v) is 21.7. The van der Waals surface area contributed by atoms with Gasteiger partial charge in [-0.15, -0.1) is 48.0 Å². The molecule has 0 saturated carbocycles. The number of imidazole rings is 1. The fourth-order valence-corrected chi connectivity index (χ4v) is 10.0. The first kappa shape index (κ1) is 39.0. The van der Waals surface area contributed by atoms with E-state index in [2.05, 4.69) is 132 Å². The third kappa shape index (κ3) is 6.96. The van der Waals surface area contributed by atoms with Crippen LogP contribution in [-0.2, 0) is 20.1 Å². The van der Waals surface area contributed by atoms with Gasteiger partial charge < -0.3 is 14.0 Å². The number of hydrogen-bond acceptors (Lipinski definition) is 5. The number of nitrogens with zero attached hydrogens (tertiary/aromatic N) is 4. The Morgan fingerprint density at radius 2 is 1.48 bits per heavy atom. The largest absolute Gasteiger partial charge is 0.454 e. The molecule has 60 heavy (non-hydrogen) atoms. The predicted molar refractivity (Wildman–Crippen MR) is 247 cm³/mol. The maximum Gasteiger partial charge on any atom is 0.158 e. The molecule has 11 aromatic rings. The minimum Gasteiger partial charge on any atom is -0.454 e. The minimum atomic E-state index is -1.23. The van der Waals surface area contributed by atoms with Crippen molar-refractivity contribution in [2.45, 2.75) is 19.6 Å². The second-order valence-electron chi connectivity index (χ2n) is 15.5. The van der Waals surface area contributed by atoms with Gasteiger partial charge in [-0.05, 0) is 63.4 Å². The monoisotopic (exact) mass is 985 g/mol. The molecule has 4 heterocycles. The number of fused-ring (bicyclic) bond motifs is 7. The third-order valence-corrected chi connectivity index (χ3v) is 14.0. The van der Waals surface area contributed by atoms with Crippen LogP contribution in [-0.4, -0.2) is 22.6 Å². The fraction of sp³-hybridized carbons (Fsp3) is 0.0577. The molecule has 0 aliphatic heterocycles. The van der Waals surface area contributed by atoms with Crippen molar-refractivity contribution in [3.05, 3.63) is 182 Å². The van der Waals surface area contributed by atoms with Crippen molar-refractivity contribution in [1.29, 1.82) is 5.26 Å². The van der Waals surface area contributed by atoms with Crippen molar-refractivity contribution in [2.75, 3.05) is 0 Å². The van der Waals surface area contributed by atoms with Crippen molar-refractivity contribution in [2.24, 2.45) is 0 Å². The van der Waals surface area contributed by atoms with Crippen LogP contribution in [0.1, 0.15) is 5.56 Å². The Balaban J connectivity index is 0.000000230. The summed E-state index contributed by atoms with van der Waals surface area (Å²) in [6.45, 7) is 7.00. The molecule has 11 rings (SSSR count). The number of thiophene rings is 1. The summed E-state index contributed by atoms with van der Waals surface area (Å²) in [7, 11) is -1.23. The van der Waals surface area contributed by atoms with E-state index in [0.717, 1.165) is 77.1 Å². The van der Waals surface area contributed by atoms with E-state index in [1.165, 1.54) is 20.7 Å². The number of hydrogen-bond donors (Lipinski definition) is 0. The Morgan fingerprint density at radius 3 is 2.25 bits per heavy atom. The van der Waals surface area contributed by atoms with Crippen LogP contribution < -0.4 is 5.19 Å². The standard InChI is InChI=1S/C38H20N3OS.C14H16NSi.Ir/c39-22-23-16-18-24(19-17-23)25-20-21-29(37-35(25)28-9-2-6-15-34(28)43-37)38-40-30-11-3-4-12-31(30)41(38)32-13-7-10-27-26-8-1-5-14-33(26)42-36(27)32;1-16(2,3)13-9-10-14(15-11-13)12-7-5-4-6-8-12;/h1-20H;4-7,9-11H,1-3H3;/q2*-1;. The van der Waals surface area contributed by atoms with Gasteiger partial charge >= 0.3 is 0 Å². The zero-order valence-electron chi connectivity index (χ0n) is 33.0. The van der Waals surface area contributed by atoms with E-state index in [4.69, 9.17) is 9.40 Å². The summed E-state index contributed by atoms with van der Waals surface area (Å²) < 4.78 is 11.0. The molecule has 7 aromatic carbocycles. The van der Waals surface area contributed by atoms with Crippen LogP contribution in [0.2, 0.25) is 19.6 Å². The van der Waals surface area contributed by atoms with E-state index < -0.39 is 8.07 Å². The summed E-state index contributed by atoms with van der Waals surface area (Å²) in [6.07, 6.45) is 2.02. The SMILES string of the molecule is C[Si](C)(C)c1ccc(-c2[c-]cccc2)nc1.N#Cc1ccc(-c2c[c-]c(-c3nc4ccccc4n3-c3cccc4c3oc3ccccc34)c3sc4ccccc4c23)cc1.[Ir]. The van der Waals surface area contributed by atoms with Crippen molar-refractivity contribution in [1.82, 2.24) is 14.5 Å². The molecule has 0 spiro atoms. The molecule has 4 aromatic heterocycles. The number of benzene rings is 7. The first-order chi connectivity index (χ1) is 28.9. The van der Waals surface area contributed by atoms with E-state index >= 15 is 0 Å². The van der Waals surface area contributed by atoms with Crippen molar-refractivity contribution in [3.8, 4) is 45.5 Å². The molecule has 0 atom stereocenters. The number of para-hydroxylation sites is 4. The zero-order chi connectivity index (χ0) is 40.1. The van der Waals surface area contributed by atoms with Crippen molar-refractivity contribution in [3.63, 3.8) is 0 Å². The van der Waals surface area contributed by atoms with Crippen molar-refractivity contribution >= 4 is 77.7 Å². The molecule has 291 valence electrons. The molecule has 0 bridgehead atoms. The van der Waals surface area contributed by atoms with Gasteiger partial charge in [0.1, 0.15) is 5.58 Å². The van der Waals surface area contributed by atoms with Gasteiger partial charge in [0.15, 0.2) is 5.58 Å². The van der Waals surface area contributed by atoms with Crippen LogP contribution >= 0.6 is 11.3 Å². The Morgan fingerprint density at radius 1 is 0.733 bits per heavy atom. The molecule has 0 aliphatic rings. The molecule has 0 unspecified atom stereocenters. The first-order valence-corrected chi connectivity index (χ1v) is 23.9. The Labute approximate surface area is 366 Å². The van der Waals surface area contributed by atoms with Crippen molar-refractivity contribution < 1.29 is 24.5 Å². The average Bonchev–Trinajstić information content (AvgIpc) is 3.98. The van der Waals surface area contributed by atoms with E-state index in [1.54, 1.807) is 11.3 Å². The number of rotatable bonds is 5. The number of furan rings is 1. The Kier molecular flexibility index (Phi) is 10.4. The van der Waals surface area contributed by atoms with Crippen LogP contribution in [0.4, 0.5) is 0 Å². The molecular formula is C52H36IrN4OSSi-2. The molecule has 0 fully saturated rings. The normalized spacial score (nSPS) is 11.4. The van der Waals surface area contributed by atoms with Gasteiger partial charge in [0.2, 0.25) is 0 Å². The second kappa shape index (κ2) is 15.9. The molecule has 0 N–H and O–H groups in total. The first-order valence-electron chi connectivity index (χ1n) is 19.5. The van der Waals surface area contributed by atoms with E-state index in [9.17, 15) is 5.26 Å². The summed E-state index contributed by atoms with van der Waals surface area (Å²) in [6, 6.07) is 62.4. The number of pyridine rings is 1. The van der Waals surface area contributed by atoms with E-state index in [-0.39, 0.29) is 20.1 Å². The van der Waals surface area contributed by atoms with Gasteiger partial charge in [-0.1, -0.05) is 127 Å². The fourth-order valence-electron chi connectivity index (χ4n) is 7.78. The van der Waals surface area contributed by atoms with Gasteiger partial charge in [0.05, 0.1) is 42.3 Å². The summed E-state index contributed by atoms with van der Waals surface area (Å²) >= 11 is 1.76. The molecule has 5 nitrogen and oxygen atoms in total. The predicted octanol–water partition coefficient (Wildman–Crippen LogP) is 13.4. The maximum absolute atomic E-state index is 9.36. The number of aromatic nitrogens is 3. The Hall–Kier alpha value is -6.46. The van der Waals surface area contributed by atoms with Gasteiger partial charge in [0, 0.05) is 41.8 Å². The summed E-state index contributed by atoms with van der Waals surface area (Å²) in [5.74, 6) is 0.817. The van der Waals surface area contributed by atoms with Crippen LogP contribution in [0, 0.1) is 23.5 Å². The summed E-state index contributed by atoms with van der Waals surface area (Å²) in [5, 5.41) is 15.3. The minimum absolute atomic E-state index is 0. The maximum atomic E-state index is 9.36. The smallest absolute Gasteiger partial charge is 0.158 e. The van der Waals surface area contributed by atoms with Gasteiger partial charge in [-0.25, -0.2) is 0 Å². The molecule has 0 amide bonds. The third-order valence-electron chi connectivity index (χ3n) is 10.8. The topological polar surface area (TPSA) is 67.6 Å².